The summed E-state index contributed by atoms with van der Waals surface area (Å²) >= 11 is 0. The van der Waals surface area contributed by atoms with E-state index in [1.54, 1.807) is 14.2 Å². The van der Waals surface area contributed by atoms with Gasteiger partial charge in [-0.2, -0.15) is 5.26 Å². The van der Waals surface area contributed by atoms with E-state index < -0.39 is 0 Å². The van der Waals surface area contributed by atoms with Crippen molar-refractivity contribution < 1.29 is 14.3 Å². The Bertz CT molecular complexity index is 732. The number of carbonyl (C=O) groups is 1. The molecule has 1 aliphatic carbocycles. The number of benzene rings is 1. The molecule has 1 amide bonds. The lowest BCUT2D eigenvalue weighted by Crippen LogP contribution is -2.47. The average molecular weight is 415 g/mol. The predicted molar refractivity (Wildman–Crippen MR) is 117 cm³/mol. The number of anilines is 1. The topological polar surface area (TPSA) is 77.8 Å². The van der Waals surface area contributed by atoms with Gasteiger partial charge in [0.15, 0.2) is 0 Å². The van der Waals surface area contributed by atoms with Crippen LogP contribution in [-0.2, 0) is 4.79 Å². The number of amides is 1. The van der Waals surface area contributed by atoms with Gasteiger partial charge in [0, 0.05) is 38.3 Å². The molecule has 2 fully saturated rings. The summed E-state index contributed by atoms with van der Waals surface area (Å²) in [6, 6.07) is 8.13. The summed E-state index contributed by atoms with van der Waals surface area (Å²) in [5, 5.41) is 11.6. The molecular formula is C23H34N4O3. The Morgan fingerprint density at radius 2 is 1.87 bits per heavy atom. The average Bonchev–Trinajstić information content (AvgIpc) is 2.78. The molecule has 0 atom stereocenters. The third-order valence-corrected chi connectivity index (χ3v) is 6.40. The van der Waals surface area contributed by atoms with Gasteiger partial charge in [-0.1, -0.05) is 0 Å². The monoisotopic (exact) mass is 414 g/mol. The maximum absolute atomic E-state index is 11.6. The lowest BCUT2D eigenvalue weighted by Gasteiger charge is -2.37. The van der Waals surface area contributed by atoms with Crippen LogP contribution in [0, 0.1) is 17.2 Å². The summed E-state index contributed by atoms with van der Waals surface area (Å²) in [7, 11) is 3.41. The largest absolute Gasteiger partial charge is 0.497 e. The van der Waals surface area contributed by atoms with Crippen molar-refractivity contribution in [2.45, 2.75) is 44.6 Å². The van der Waals surface area contributed by atoms with Crippen LogP contribution < -0.4 is 19.7 Å². The van der Waals surface area contributed by atoms with Crippen LogP contribution in [-0.4, -0.2) is 63.8 Å². The van der Waals surface area contributed by atoms with Crippen LogP contribution in [0.1, 0.15) is 38.5 Å². The fraction of sp³-hybridized carbons (Fsp3) is 0.652. The summed E-state index contributed by atoms with van der Waals surface area (Å²) in [5.41, 5.74) is 1.10. The Labute approximate surface area is 179 Å². The van der Waals surface area contributed by atoms with Crippen molar-refractivity contribution in [3.05, 3.63) is 18.2 Å². The molecule has 7 nitrogen and oxygen atoms in total. The molecule has 30 heavy (non-hydrogen) atoms. The molecule has 1 aromatic rings. The highest BCUT2D eigenvalue weighted by Gasteiger charge is 2.24. The Hall–Kier alpha value is -2.46. The molecular weight excluding hydrogens is 380 g/mol. The minimum atomic E-state index is -0.133. The number of nitrogens with zero attached hydrogens (tertiary/aromatic N) is 3. The molecule has 0 bridgehead atoms. The fourth-order valence-electron chi connectivity index (χ4n) is 4.57. The third kappa shape index (κ3) is 6.02. The predicted octanol–water partition coefficient (Wildman–Crippen LogP) is 2.80. The van der Waals surface area contributed by atoms with E-state index in [1.165, 1.54) is 19.3 Å². The van der Waals surface area contributed by atoms with Crippen LogP contribution in [0.2, 0.25) is 0 Å². The molecule has 1 saturated heterocycles. The van der Waals surface area contributed by atoms with Gasteiger partial charge in [-0.05, 0) is 56.7 Å². The number of hydrogen-bond acceptors (Lipinski definition) is 6. The van der Waals surface area contributed by atoms with Crippen LogP contribution in [0.3, 0.4) is 0 Å². The number of nitriles is 1. The molecule has 7 heteroatoms. The zero-order chi connectivity index (χ0) is 21.3. The summed E-state index contributed by atoms with van der Waals surface area (Å²) < 4.78 is 10.9. The van der Waals surface area contributed by atoms with Crippen molar-refractivity contribution >= 4 is 11.6 Å². The second-order valence-electron chi connectivity index (χ2n) is 8.28. The van der Waals surface area contributed by atoms with E-state index >= 15 is 0 Å². The number of carbonyl (C=O) groups excluding carboxylic acids is 1. The minimum absolute atomic E-state index is 0.0342. The van der Waals surface area contributed by atoms with Crippen LogP contribution in [0.15, 0.2) is 18.2 Å². The molecule has 1 aromatic carbocycles. The fourth-order valence-corrected chi connectivity index (χ4v) is 4.57. The Morgan fingerprint density at radius 1 is 1.13 bits per heavy atom. The Balaban J connectivity index is 1.39. The van der Waals surface area contributed by atoms with Gasteiger partial charge >= 0.3 is 0 Å². The number of nitrogens with one attached hydrogen (secondary N) is 1. The van der Waals surface area contributed by atoms with E-state index in [9.17, 15) is 4.79 Å². The normalized spacial score (nSPS) is 22.2. The molecule has 1 aliphatic heterocycles. The minimum Gasteiger partial charge on any atom is -0.497 e. The lowest BCUT2D eigenvalue weighted by molar-refractivity contribution is -0.121. The number of rotatable bonds is 8. The van der Waals surface area contributed by atoms with E-state index in [2.05, 4.69) is 21.2 Å². The Morgan fingerprint density at radius 3 is 2.50 bits per heavy atom. The first-order valence-electron chi connectivity index (χ1n) is 11.0. The van der Waals surface area contributed by atoms with Gasteiger partial charge in [0.05, 0.1) is 26.0 Å². The van der Waals surface area contributed by atoms with Gasteiger partial charge in [0.2, 0.25) is 5.91 Å². The summed E-state index contributed by atoms with van der Waals surface area (Å²) in [5.74, 6) is 2.35. The Kier molecular flexibility index (Phi) is 8.21. The number of hydrogen-bond donors (Lipinski definition) is 1. The summed E-state index contributed by atoms with van der Waals surface area (Å²) in [6.07, 6.45) is 5.59. The molecule has 1 heterocycles. The van der Waals surface area contributed by atoms with Gasteiger partial charge in [0.1, 0.15) is 17.9 Å². The molecule has 1 saturated carbocycles. The van der Waals surface area contributed by atoms with Crippen molar-refractivity contribution in [2.75, 3.05) is 51.8 Å². The standard InChI is InChI=1S/C23H34N4O3/c1-29-20-7-8-22(30-2)21(17-20)27-15-13-26(14-16-27)12-10-18-3-5-19(6-4-18)25-23(28)9-11-24/h7-8,17-19H,3-6,9-10,12-16H2,1-2H3,(H,25,28). The van der Waals surface area contributed by atoms with Crippen molar-refractivity contribution in [1.29, 1.82) is 5.26 Å². The highest BCUT2D eigenvalue weighted by molar-refractivity contribution is 5.78. The number of piperazine rings is 1. The van der Waals surface area contributed by atoms with E-state index in [0.717, 1.165) is 68.7 Å². The quantitative estimate of drug-likeness (QED) is 0.705. The molecule has 1 N–H and O–H groups in total. The van der Waals surface area contributed by atoms with Crippen LogP contribution in [0.25, 0.3) is 0 Å². The van der Waals surface area contributed by atoms with Gasteiger partial charge in [0.25, 0.3) is 0 Å². The van der Waals surface area contributed by atoms with E-state index in [1.807, 2.05) is 18.2 Å². The van der Waals surface area contributed by atoms with E-state index in [-0.39, 0.29) is 18.4 Å². The first-order chi connectivity index (χ1) is 14.6. The molecule has 164 valence electrons. The molecule has 0 spiro atoms. The van der Waals surface area contributed by atoms with E-state index in [4.69, 9.17) is 14.7 Å². The van der Waals surface area contributed by atoms with Crippen molar-refractivity contribution in [1.82, 2.24) is 10.2 Å². The van der Waals surface area contributed by atoms with Crippen molar-refractivity contribution in [2.24, 2.45) is 5.92 Å². The molecule has 0 radical (unpaired) electrons. The lowest BCUT2D eigenvalue weighted by atomic mass is 9.84. The second kappa shape index (κ2) is 11.1. The van der Waals surface area contributed by atoms with Crippen LogP contribution in [0.4, 0.5) is 5.69 Å². The maximum atomic E-state index is 11.6. The molecule has 0 unspecified atom stereocenters. The van der Waals surface area contributed by atoms with Crippen molar-refractivity contribution in [3.8, 4) is 17.6 Å². The van der Waals surface area contributed by atoms with Crippen molar-refractivity contribution in [3.63, 3.8) is 0 Å². The van der Waals surface area contributed by atoms with Gasteiger partial charge in [-0.3, -0.25) is 9.69 Å². The maximum Gasteiger partial charge on any atom is 0.234 e. The zero-order valence-corrected chi connectivity index (χ0v) is 18.2. The molecule has 3 rings (SSSR count). The van der Waals surface area contributed by atoms with Crippen LogP contribution in [0.5, 0.6) is 11.5 Å². The van der Waals surface area contributed by atoms with Gasteiger partial charge in [-0.15, -0.1) is 0 Å². The number of ether oxygens (including phenoxy) is 2. The summed E-state index contributed by atoms with van der Waals surface area (Å²) in [6.45, 7) is 5.22. The van der Waals surface area contributed by atoms with Gasteiger partial charge in [-0.25, -0.2) is 0 Å². The SMILES string of the molecule is COc1ccc(OC)c(N2CCN(CCC3CCC(NC(=O)CC#N)CC3)CC2)c1. The summed E-state index contributed by atoms with van der Waals surface area (Å²) in [4.78, 5) is 16.5. The zero-order valence-electron chi connectivity index (χ0n) is 18.2. The smallest absolute Gasteiger partial charge is 0.234 e. The number of methoxy groups -OCH3 is 2. The molecule has 0 aromatic heterocycles. The third-order valence-electron chi connectivity index (χ3n) is 6.40. The van der Waals surface area contributed by atoms with E-state index in [0.29, 0.717) is 0 Å². The molecule has 2 aliphatic rings. The second-order valence-corrected chi connectivity index (χ2v) is 8.28. The first-order valence-corrected chi connectivity index (χ1v) is 11.0. The first kappa shape index (κ1) is 22.2. The highest BCUT2D eigenvalue weighted by Crippen LogP contribution is 2.33. The highest BCUT2D eigenvalue weighted by atomic mass is 16.5. The van der Waals surface area contributed by atoms with Crippen LogP contribution >= 0.6 is 0 Å². The van der Waals surface area contributed by atoms with Gasteiger partial charge < -0.3 is 19.7 Å².